The van der Waals surface area contributed by atoms with E-state index in [4.69, 9.17) is 0 Å². The van der Waals surface area contributed by atoms with E-state index in [1.165, 1.54) is 13.1 Å². The first-order valence-corrected chi connectivity index (χ1v) is 9.10. The van der Waals surface area contributed by atoms with Crippen molar-refractivity contribution in [3.8, 4) is 11.3 Å². The first-order chi connectivity index (χ1) is 14.4. The van der Waals surface area contributed by atoms with Crippen molar-refractivity contribution in [2.45, 2.75) is 13.5 Å². The van der Waals surface area contributed by atoms with E-state index in [1.807, 2.05) is 6.07 Å². The molecule has 10 heteroatoms. The molecular weight excluding hydrogens is 388 g/mol. The van der Waals surface area contributed by atoms with Gasteiger partial charge in [0, 0.05) is 30.6 Å². The summed E-state index contributed by atoms with van der Waals surface area (Å²) in [6.07, 6.45) is 1.99. The second kappa shape index (κ2) is 7.66. The first kappa shape index (κ1) is 19.1. The number of carboxylic acid groups (broad SMARTS) is 1. The zero-order valence-electron chi connectivity index (χ0n) is 16.0. The molecule has 0 saturated carbocycles. The number of hydrogen-bond donors (Lipinski definition) is 4. The van der Waals surface area contributed by atoms with E-state index < -0.39 is 6.09 Å². The zero-order valence-corrected chi connectivity index (χ0v) is 16.0. The number of fused-ring (bicyclic) bond motifs is 1. The van der Waals surface area contributed by atoms with Gasteiger partial charge in [-0.1, -0.05) is 6.07 Å². The molecule has 0 unspecified atom stereocenters. The summed E-state index contributed by atoms with van der Waals surface area (Å²) in [6, 6.07) is 8.74. The highest BCUT2D eigenvalue weighted by Gasteiger charge is 2.32. The molecule has 0 saturated heterocycles. The van der Waals surface area contributed by atoms with Crippen molar-refractivity contribution in [3.63, 3.8) is 0 Å². The lowest BCUT2D eigenvalue weighted by atomic mass is 10.0. The van der Waals surface area contributed by atoms with E-state index in [2.05, 4.69) is 25.6 Å². The molecule has 0 aromatic carbocycles. The quantitative estimate of drug-likeness (QED) is 0.522. The van der Waals surface area contributed by atoms with Gasteiger partial charge in [0.25, 0.3) is 0 Å². The molecule has 4 N–H and O–H groups in total. The molecule has 0 bridgehead atoms. The molecule has 0 fully saturated rings. The minimum absolute atomic E-state index is 0.0525. The van der Waals surface area contributed by atoms with E-state index in [0.717, 1.165) is 4.90 Å². The predicted molar refractivity (Wildman–Crippen MR) is 109 cm³/mol. The van der Waals surface area contributed by atoms with Crippen LogP contribution < -0.4 is 10.6 Å². The van der Waals surface area contributed by atoms with E-state index in [-0.39, 0.29) is 24.8 Å². The summed E-state index contributed by atoms with van der Waals surface area (Å²) in [5.41, 5.74) is 2.61. The van der Waals surface area contributed by atoms with Crippen LogP contribution in [0.2, 0.25) is 0 Å². The van der Waals surface area contributed by atoms with Crippen LogP contribution in [0.3, 0.4) is 0 Å². The SMILES string of the molecule is CC(=O)Nc1cc(-c2[nH]c3c(c2Nc2ccccn2)C(=O)CN(C(=O)O)C3)ccn1. The van der Waals surface area contributed by atoms with Gasteiger partial charge in [0.1, 0.15) is 11.6 Å². The highest BCUT2D eigenvalue weighted by atomic mass is 16.4. The number of amides is 2. The number of aromatic amines is 1. The van der Waals surface area contributed by atoms with E-state index in [1.54, 1.807) is 30.5 Å². The third-order valence-electron chi connectivity index (χ3n) is 4.58. The van der Waals surface area contributed by atoms with Gasteiger partial charge in [-0.25, -0.2) is 14.8 Å². The monoisotopic (exact) mass is 406 g/mol. The summed E-state index contributed by atoms with van der Waals surface area (Å²) in [6.45, 7) is 1.20. The lowest BCUT2D eigenvalue weighted by Crippen LogP contribution is -2.38. The normalized spacial score (nSPS) is 13.0. The zero-order chi connectivity index (χ0) is 21.3. The first-order valence-electron chi connectivity index (χ1n) is 9.10. The lowest BCUT2D eigenvalue weighted by molar-refractivity contribution is -0.114. The van der Waals surface area contributed by atoms with Gasteiger partial charge in [0.15, 0.2) is 5.78 Å². The second-order valence-corrected chi connectivity index (χ2v) is 6.74. The van der Waals surface area contributed by atoms with E-state index >= 15 is 0 Å². The largest absolute Gasteiger partial charge is 0.465 e. The molecule has 0 spiro atoms. The Morgan fingerprint density at radius 2 is 1.93 bits per heavy atom. The number of Topliss-reactive ketones (excluding diaryl/α,β-unsaturated/α-hetero) is 1. The van der Waals surface area contributed by atoms with Crippen LogP contribution in [0.5, 0.6) is 0 Å². The van der Waals surface area contributed by atoms with Gasteiger partial charge < -0.3 is 20.7 Å². The van der Waals surface area contributed by atoms with Crippen LogP contribution in [0.4, 0.5) is 22.1 Å². The Morgan fingerprint density at radius 1 is 1.13 bits per heavy atom. The molecule has 10 nitrogen and oxygen atoms in total. The number of carbonyl (C=O) groups excluding carboxylic acids is 2. The molecule has 1 aliphatic rings. The van der Waals surface area contributed by atoms with Crippen LogP contribution in [0.25, 0.3) is 11.3 Å². The summed E-state index contributed by atoms with van der Waals surface area (Å²) < 4.78 is 0. The molecule has 2 amide bonds. The number of nitrogens with zero attached hydrogens (tertiary/aromatic N) is 3. The molecule has 4 heterocycles. The Bertz CT molecular complexity index is 1140. The fourth-order valence-corrected chi connectivity index (χ4v) is 3.35. The van der Waals surface area contributed by atoms with Gasteiger partial charge >= 0.3 is 6.09 Å². The maximum absolute atomic E-state index is 12.8. The predicted octanol–water partition coefficient (Wildman–Crippen LogP) is 2.85. The van der Waals surface area contributed by atoms with Gasteiger partial charge in [0.05, 0.1) is 30.0 Å². The van der Waals surface area contributed by atoms with Crippen LogP contribution in [-0.2, 0) is 11.3 Å². The van der Waals surface area contributed by atoms with Crippen LogP contribution in [-0.4, -0.2) is 49.3 Å². The highest BCUT2D eigenvalue weighted by Crippen LogP contribution is 2.38. The van der Waals surface area contributed by atoms with Crippen molar-refractivity contribution in [1.82, 2.24) is 19.9 Å². The lowest BCUT2D eigenvalue weighted by Gasteiger charge is -2.23. The maximum Gasteiger partial charge on any atom is 0.408 e. The van der Waals surface area contributed by atoms with Crippen LogP contribution in [0.15, 0.2) is 42.7 Å². The minimum atomic E-state index is -1.17. The number of carbonyl (C=O) groups is 3. The minimum Gasteiger partial charge on any atom is -0.465 e. The number of anilines is 3. The Morgan fingerprint density at radius 3 is 2.63 bits per heavy atom. The average molecular weight is 406 g/mol. The van der Waals surface area contributed by atoms with Crippen molar-refractivity contribution in [2.24, 2.45) is 0 Å². The Kier molecular flexibility index (Phi) is 4.88. The van der Waals surface area contributed by atoms with Gasteiger partial charge in [-0.2, -0.15) is 0 Å². The fraction of sp³-hybridized carbons (Fsp3) is 0.150. The van der Waals surface area contributed by atoms with Crippen LogP contribution in [0, 0.1) is 0 Å². The fourth-order valence-electron chi connectivity index (χ4n) is 3.35. The average Bonchev–Trinajstić information content (AvgIpc) is 3.07. The second-order valence-electron chi connectivity index (χ2n) is 6.74. The van der Waals surface area contributed by atoms with Gasteiger partial charge in [-0.3, -0.25) is 14.5 Å². The topological polar surface area (TPSA) is 140 Å². The van der Waals surface area contributed by atoms with Crippen molar-refractivity contribution in [2.75, 3.05) is 17.2 Å². The smallest absolute Gasteiger partial charge is 0.408 e. The van der Waals surface area contributed by atoms with Gasteiger partial charge in [0.2, 0.25) is 5.91 Å². The van der Waals surface area contributed by atoms with Crippen molar-refractivity contribution in [1.29, 1.82) is 0 Å². The van der Waals surface area contributed by atoms with Crippen LogP contribution >= 0.6 is 0 Å². The Labute approximate surface area is 171 Å². The molecule has 0 atom stereocenters. The summed E-state index contributed by atoms with van der Waals surface area (Å²) in [7, 11) is 0. The number of nitrogens with one attached hydrogen (secondary N) is 3. The van der Waals surface area contributed by atoms with Gasteiger partial charge in [-0.05, 0) is 24.3 Å². The molecule has 3 aromatic rings. The molecule has 0 aliphatic carbocycles. The molecule has 0 radical (unpaired) electrons. The molecule has 3 aromatic heterocycles. The third kappa shape index (κ3) is 3.70. The summed E-state index contributed by atoms with van der Waals surface area (Å²) >= 11 is 0. The number of pyridine rings is 2. The summed E-state index contributed by atoms with van der Waals surface area (Å²) in [4.78, 5) is 48.2. The van der Waals surface area contributed by atoms with E-state index in [9.17, 15) is 19.5 Å². The number of hydrogen-bond acceptors (Lipinski definition) is 6. The maximum atomic E-state index is 12.8. The summed E-state index contributed by atoms with van der Waals surface area (Å²) in [5.74, 6) is 0.306. The van der Waals surface area contributed by atoms with E-state index in [0.29, 0.717) is 39.8 Å². The van der Waals surface area contributed by atoms with Gasteiger partial charge in [-0.15, -0.1) is 0 Å². The standard InChI is InChI=1S/C20H18N6O4/c1-11(27)23-16-8-12(5-7-22-16)18-19(25-15-4-2-3-6-21-15)17-13(24-18)9-26(20(29)30)10-14(17)28/h2-8,24H,9-10H2,1H3,(H,21,25)(H,29,30)(H,22,23,27). The van der Waals surface area contributed by atoms with Crippen LogP contribution in [0.1, 0.15) is 23.0 Å². The van der Waals surface area contributed by atoms with Crippen molar-refractivity contribution >= 4 is 35.1 Å². The molecule has 1 aliphatic heterocycles. The number of ketones is 1. The Balaban J connectivity index is 1.84. The van der Waals surface area contributed by atoms with Crippen molar-refractivity contribution in [3.05, 3.63) is 54.0 Å². The third-order valence-corrected chi connectivity index (χ3v) is 4.58. The molecular formula is C20H18N6O4. The molecule has 30 heavy (non-hydrogen) atoms. The number of aromatic nitrogens is 3. The highest BCUT2D eigenvalue weighted by molar-refractivity contribution is 6.09. The number of H-pyrrole nitrogens is 1. The number of rotatable bonds is 4. The summed E-state index contributed by atoms with van der Waals surface area (Å²) in [5, 5.41) is 15.1. The molecule has 152 valence electrons. The Hall–Kier alpha value is -4.21. The molecule has 4 rings (SSSR count). The van der Waals surface area contributed by atoms with Crippen molar-refractivity contribution < 1.29 is 19.5 Å².